The number of hydrogen-bond acceptors (Lipinski definition) is 6. The van der Waals surface area contributed by atoms with Gasteiger partial charge in [-0.25, -0.2) is 9.59 Å². The number of hydrogen-bond donors (Lipinski definition) is 4. The molecule has 4 amide bonds. The van der Waals surface area contributed by atoms with E-state index in [0.717, 1.165) is 0 Å². The lowest BCUT2D eigenvalue weighted by Gasteiger charge is -2.32. The Morgan fingerprint density at radius 1 is 0.923 bits per heavy atom. The van der Waals surface area contributed by atoms with E-state index in [4.69, 9.17) is 16.3 Å². The molecule has 10 nitrogen and oxygen atoms in total. The molecule has 1 saturated heterocycles. The van der Waals surface area contributed by atoms with Crippen molar-refractivity contribution in [2.24, 2.45) is 5.92 Å². The van der Waals surface area contributed by atoms with Crippen molar-refractivity contribution >= 4 is 29.4 Å². The molecule has 4 rings (SSSR count). The Hall–Kier alpha value is -3.40. The zero-order valence-electron chi connectivity index (χ0n) is 12.7. The minimum Gasteiger partial charge on any atom is -0.440 e. The van der Waals surface area contributed by atoms with Gasteiger partial charge in [0, 0.05) is 16.5 Å². The second kappa shape index (κ2) is 5.56. The molecule has 0 spiro atoms. The first-order valence-corrected chi connectivity index (χ1v) is 7.72. The maximum absolute atomic E-state index is 12.4. The minimum atomic E-state index is -1.44. The molecule has 132 valence electrons. The highest BCUT2D eigenvalue weighted by Crippen LogP contribution is 2.46. The van der Waals surface area contributed by atoms with E-state index in [2.05, 4.69) is 4.98 Å². The molecule has 26 heavy (non-hydrogen) atoms. The number of urea groups is 1. The molecule has 0 unspecified atom stereocenters. The number of ether oxygens (including phenoxy) is 1. The SMILES string of the molecule is O=C1NC(=O)C([C@H]2c3cc(Cl)ccc3Oc3[nH]c(=O)[nH]c(=O)c32)C(=O)N1. The molecular formula is C15H9ClN4O6. The molecule has 1 aromatic carbocycles. The molecule has 2 aromatic rings. The zero-order chi connectivity index (χ0) is 18.6. The molecule has 2 aliphatic rings. The Labute approximate surface area is 148 Å². The Bertz CT molecular complexity index is 1080. The number of carbonyl (C=O) groups excluding carboxylic acids is 3. The van der Waals surface area contributed by atoms with E-state index in [0.29, 0.717) is 5.56 Å². The lowest BCUT2D eigenvalue weighted by atomic mass is 9.78. The highest BCUT2D eigenvalue weighted by molar-refractivity contribution is 6.30. The number of halogens is 1. The van der Waals surface area contributed by atoms with Gasteiger partial charge in [0.15, 0.2) is 0 Å². The lowest BCUT2D eigenvalue weighted by molar-refractivity contribution is -0.136. The quantitative estimate of drug-likeness (QED) is 0.512. The number of benzene rings is 1. The number of amides is 4. The molecule has 0 radical (unpaired) electrons. The third-order valence-corrected chi connectivity index (χ3v) is 4.38. The number of aromatic amines is 2. The zero-order valence-corrected chi connectivity index (χ0v) is 13.5. The summed E-state index contributed by atoms with van der Waals surface area (Å²) in [7, 11) is 0. The summed E-state index contributed by atoms with van der Waals surface area (Å²) in [6.07, 6.45) is 0. The summed E-state index contributed by atoms with van der Waals surface area (Å²) in [4.78, 5) is 64.4. The van der Waals surface area contributed by atoms with Crippen LogP contribution in [0.4, 0.5) is 4.79 Å². The van der Waals surface area contributed by atoms with Gasteiger partial charge >= 0.3 is 11.7 Å². The highest BCUT2D eigenvalue weighted by Gasteiger charge is 2.46. The summed E-state index contributed by atoms with van der Waals surface area (Å²) in [5.74, 6) is -4.30. The Balaban J connectivity index is 1.99. The van der Waals surface area contributed by atoms with Crippen LogP contribution < -0.4 is 26.6 Å². The third-order valence-electron chi connectivity index (χ3n) is 4.15. The van der Waals surface area contributed by atoms with Gasteiger partial charge in [-0.2, -0.15) is 0 Å². The van der Waals surface area contributed by atoms with Crippen molar-refractivity contribution in [1.29, 1.82) is 0 Å². The number of barbiturate groups is 1. The molecule has 0 saturated carbocycles. The van der Waals surface area contributed by atoms with Crippen molar-refractivity contribution in [2.45, 2.75) is 5.92 Å². The maximum Gasteiger partial charge on any atom is 0.328 e. The van der Waals surface area contributed by atoms with E-state index in [1.807, 2.05) is 15.6 Å². The van der Waals surface area contributed by atoms with Gasteiger partial charge in [0.25, 0.3) is 5.56 Å². The number of aromatic nitrogens is 2. The number of H-pyrrole nitrogens is 2. The number of fused-ring (bicyclic) bond motifs is 2. The van der Waals surface area contributed by atoms with E-state index >= 15 is 0 Å². The molecule has 2 aliphatic heterocycles. The van der Waals surface area contributed by atoms with Crippen LogP contribution in [-0.2, 0) is 9.59 Å². The van der Waals surface area contributed by atoms with Crippen LogP contribution in [0.2, 0.25) is 5.02 Å². The van der Waals surface area contributed by atoms with E-state index in [-0.39, 0.29) is 22.2 Å². The summed E-state index contributed by atoms with van der Waals surface area (Å²) in [5.41, 5.74) is -1.45. The van der Waals surface area contributed by atoms with Crippen LogP contribution in [0.5, 0.6) is 11.6 Å². The first kappa shape index (κ1) is 16.1. The van der Waals surface area contributed by atoms with E-state index in [9.17, 15) is 24.0 Å². The maximum atomic E-state index is 12.4. The normalized spacial score (nSPS) is 19.1. The van der Waals surface area contributed by atoms with Crippen LogP contribution in [0.3, 0.4) is 0 Å². The summed E-state index contributed by atoms with van der Waals surface area (Å²) in [6.45, 7) is 0. The first-order valence-electron chi connectivity index (χ1n) is 7.34. The number of imide groups is 2. The Morgan fingerprint density at radius 3 is 2.31 bits per heavy atom. The van der Waals surface area contributed by atoms with E-state index in [1.54, 1.807) is 0 Å². The standard InChI is InChI=1S/C15H9ClN4O6/c16-4-1-2-6-5(3-4)7(8-10(21)17-14(24)18-11(8)22)9-12(23)19-15(25)20-13(9)26-6/h1-3,7-8H,(H2,19,20,23,25)(H2,17,18,21,22,24)/t7-/m1/s1. The van der Waals surface area contributed by atoms with Crippen LogP contribution in [0.1, 0.15) is 17.0 Å². The fraction of sp³-hybridized carbons (Fsp3) is 0.133. The van der Waals surface area contributed by atoms with Crippen molar-refractivity contribution in [2.75, 3.05) is 0 Å². The number of carbonyl (C=O) groups is 3. The molecule has 0 bridgehead atoms. The smallest absolute Gasteiger partial charge is 0.328 e. The van der Waals surface area contributed by atoms with Crippen molar-refractivity contribution in [3.05, 3.63) is 55.2 Å². The van der Waals surface area contributed by atoms with Crippen LogP contribution >= 0.6 is 11.6 Å². The fourth-order valence-electron chi connectivity index (χ4n) is 3.14. The minimum absolute atomic E-state index is 0.121. The predicted molar refractivity (Wildman–Crippen MR) is 86.2 cm³/mol. The van der Waals surface area contributed by atoms with Crippen LogP contribution in [0, 0.1) is 5.92 Å². The molecule has 0 aliphatic carbocycles. The molecule has 4 N–H and O–H groups in total. The molecule has 1 aromatic heterocycles. The van der Waals surface area contributed by atoms with Crippen LogP contribution in [0.15, 0.2) is 27.8 Å². The Kier molecular flexibility index (Phi) is 3.44. The fourth-order valence-corrected chi connectivity index (χ4v) is 3.32. The second-order valence-electron chi connectivity index (χ2n) is 5.70. The summed E-state index contributed by atoms with van der Waals surface area (Å²) < 4.78 is 5.54. The van der Waals surface area contributed by atoms with Crippen molar-refractivity contribution in [1.82, 2.24) is 20.6 Å². The van der Waals surface area contributed by atoms with Gasteiger partial charge in [0.05, 0.1) is 5.56 Å². The van der Waals surface area contributed by atoms with Gasteiger partial charge < -0.3 is 4.74 Å². The molecule has 1 fully saturated rings. The Morgan fingerprint density at radius 2 is 1.62 bits per heavy atom. The first-order chi connectivity index (χ1) is 12.3. The predicted octanol–water partition coefficient (Wildman–Crippen LogP) is -0.0636. The summed E-state index contributed by atoms with van der Waals surface area (Å²) in [6, 6.07) is 3.49. The lowest BCUT2D eigenvalue weighted by Crippen LogP contribution is -2.58. The monoisotopic (exact) mass is 376 g/mol. The average Bonchev–Trinajstić information content (AvgIpc) is 2.53. The van der Waals surface area contributed by atoms with Gasteiger partial charge in [-0.15, -0.1) is 0 Å². The molecule has 11 heteroatoms. The topological polar surface area (TPSA) is 150 Å². The van der Waals surface area contributed by atoms with Gasteiger partial charge in [0.2, 0.25) is 17.7 Å². The van der Waals surface area contributed by atoms with E-state index < -0.39 is 40.9 Å². The van der Waals surface area contributed by atoms with Gasteiger partial charge in [-0.3, -0.25) is 35.0 Å². The van der Waals surface area contributed by atoms with E-state index in [1.165, 1.54) is 18.2 Å². The van der Waals surface area contributed by atoms with Crippen molar-refractivity contribution in [3.63, 3.8) is 0 Å². The summed E-state index contributed by atoms with van der Waals surface area (Å²) >= 11 is 6.01. The van der Waals surface area contributed by atoms with Crippen molar-refractivity contribution in [3.8, 4) is 11.6 Å². The van der Waals surface area contributed by atoms with Crippen LogP contribution in [0.25, 0.3) is 0 Å². The van der Waals surface area contributed by atoms with Gasteiger partial charge in [-0.05, 0) is 18.2 Å². The largest absolute Gasteiger partial charge is 0.440 e. The van der Waals surface area contributed by atoms with Crippen LogP contribution in [-0.4, -0.2) is 27.8 Å². The number of nitrogens with one attached hydrogen (secondary N) is 4. The second-order valence-corrected chi connectivity index (χ2v) is 6.13. The summed E-state index contributed by atoms with van der Waals surface area (Å²) in [5, 5.41) is 4.28. The molecule has 3 heterocycles. The molecular weight excluding hydrogens is 368 g/mol. The number of rotatable bonds is 1. The van der Waals surface area contributed by atoms with Gasteiger partial charge in [0.1, 0.15) is 11.7 Å². The third kappa shape index (κ3) is 2.39. The van der Waals surface area contributed by atoms with Crippen molar-refractivity contribution < 1.29 is 19.1 Å². The van der Waals surface area contributed by atoms with Gasteiger partial charge in [-0.1, -0.05) is 11.6 Å². The molecule has 1 atom stereocenters. The average molecular weight is 377 g/mol. The highest BCUT2D eigenvalue weighted by atomic mass is 35.5.